The number of aromatic nitrogens is 10. The molecule has 0 aliphatic rings. The topological polar surface area (TPSA) is 220 Å². The standard InChI is InChI=1S/C24H20N2O2.C20H16O2.2C14H14N4O2.4C2H6.2Y/c1-2-4-24(28-16-18-6-8-20-10-12-26-22(20)14-18)23(3-1)27-15-17-5-7-19-9-11-25-21(19)13-17;1-3-9-17(10-4-1)15-21-19-13-7-8-14-20(19)22-16-18-11-5-2-6-12-18;1-2-4-14(20-8-12-6-16-10-18-12)13(3-1)19-7-11-5-15-9-17-11;1-2-4-14(20-10-12-7-17-18-8-12)13(3-1)19-9-11-5-15-16-6-11;4*1-2;;/h1-14,25-26H,15-16H2;1-3,5,7-14H,15-16H2;1-6,9-10H,7-8H2,(H,15,17)(H,16,18);1-8H,9-10H2,(H,15,16)(H,17,18);4*1-2H3;;/q;-2;;;;;;;;. The van der Waals surface area contributed by atoms with Crippen LogP contribution in [0.4, 0.5) is 0 Å². The van der Waals surface area contributed by atoms with Gasteiger partial charge in [0.15, 0.2) is 46.0 Å². The molecule has 0 aliphatic carbocycles. The van der Waals surface area contributed by atoms with Crippen molar-refractivity contribution in [2.24, 2.45) is 0 Å². The van der Waals surface area contributed by atoms with E-state index in [4.69, 9.17) is 37.9 Å². The number of ether oxygens (including phenoxy) is 8. The van der Waals surface area contributed by atoms with Crippen molar-refractivity contribution in [3.63, 3.8) is 0 Å². The van der Waals surface area contributed by atoms with E-state index in [0.717, 1.165) is 78.8 Å². The van der Waals surface area contributed by atoms with Crippen LogP contribution in [0, 0.1) is 12.1 Å². The number of imidazole rings is 2. The van der Waals surface area contributed by atoms with Crippen molar-refractivity contribution in [1.29, 1.82) is 0 Å². The van der Waals surface area contributed by atoms with Crippen LogP contribution in [-0.2, 0) is 118 Å². The predicted molar refractivity (Wildman–Crippen MR) is 387 cm³/mol. The van der Waals surface area contributed by atoms with Gasteiger partial charge in [0, 0.05) is 112 Å². The molecule has 0 aliphatic heterocycles. The van der Waals surface area contributed by atoms with E-state index >= 15 is 0 Å². The van der Waals surface area contributed by atoms with Crippen molar-refractivity contribution in [3.8, 4) is 46.0 Å². The Bertz CT molecular complexity index is 3920. The zero-order chi connectivity index (χ0) is 69.0. The van der Waals surface area contributed by atoms with Gasteiger partial charge in [-0.1, -0.05) is 128 Å². The molecule has 6 heterocycles. The molecular weight excluding hydrogens is 1410 g/mol. The maximum absolute atomic E-state index is 6.05. The summed E-state index contributed by atoms with van der Waals surface area (Å²) in [5.74, 6) is 5.78. The van der Waals surface area contributed by atoms with Gasteiger partial charge >= 0.3 is 0 Å². The van der Waals surface area contributed by atoms with Crippen LogP contribution in [0.1, 0.15) is 100 Å². The number of H-pyrrole nitrogens is 6. The number of fused-ring (bicyclic) bond motifs is 2. The van der Waals surface area contributed by atoms with E-state index in [1.807, 2.05) is 213 Å². The molecular formula is C80H88N10O8Y2-2. The van der Waals surface area contributed by atoms with Gasteiger partial charge in [0.2, 0.25) is 0 Å². The second kappa shape index (κ2) is 48.1. The summed E-state index contributed by atoms with van der Waals surface area (Å²) in [5, 5.41) is 15.7. The second-order valence-electron chi connectivity index (χ2n) is 20.1. The minimum absolute atomic E-state index is 0. The molecule has 6 aromatic heterocycles. The quantitative estimate of drug-likeness (QED) is 0.0311. The summed E-state index contributed by atoms with van der Waals surface area (Å²) in [7, 11) is 0. The first-order chi connectivity index (χ1) is 48.6. The number of rotatable bonds is 24. The van der Waals surface area contributed by atoms with Crippen molar-refractivity contribution < 1.29 is 103 Å². The zero-order valence-corrected chi connectivity index (χ0v) is 63.8. The Hall–Kier alpha value is -9.71. The van der Waals surface area contributed by atoms with Gasteiger partial charge in [-0.3, -0.25) is 10.2 Å². The van der Waals surface area contributed by atoms with Crippen molar-refractivity contribution in [2.75, 3.05) is 0 Å². The van der Waals surface area contributed by atoms with Crippen LogP contribution in [0.3, 0.4) is 0 Å². The molecule has 8 aromatic carbocycles. The van der Waals surface area contributed by atoms with Crippen LogP contribution in [0.25, 0.3) is 21.8 Å². The van der Waals surface area contributed by atoms with Crippen molar-refractivity contribution in [3.05, 3.63) is 313 Å². The first-order valence-electron chi connectivity index (χ1n) is 32.9. The Morgan fingerprint density at radius 1 is 0.310 bits per heavy atom. The molecule has 100 heavy (non-hydrogen) atoms. The van der Waals surface area contributed by atoms with Gasteiger partial charge in [-0.15, -0.1) is 11.1 Å². The van der Waals surface area contributed by atoms with E-state index in [1.54, 1.807) is 49.8 Å². The number of nitrogens with zero attached hydrogens (tertiary/aromatic N) is 4. The van der Waals surface area contributed by atoms with Crippen LogP contribution in [0.5, 0.6) is 46.0 Å². The average molecular weight is 1500 g/mol. The van der Waals surface area contributed by atoms with E-state index in [0.29, 0.717) is 75.9 Å². The van der Waals surface area contributed by atoms with Crippen LogP contribution >= 0.6 is 0 Å². The second-order valence-corrected chi connectivity index (χ2v) is 20.1. The third-order valence-corrected chi connectivity index (χ3v) is 13.5. The van der Waals surface area contributed by atoms with E-state index in [1.165, 1.54) is 10.8 Å². The molecule has 0 amide bonds. The molecule has 2 radical (unpaired) electrons. The maximum Gasteiger partial charge on any atom is 0.161 e. The summed E-state index contributed by atoms with van der Waals surface area (Å²) in [5.41, 5.74) is 10.4. The molecule has 0 bridgehead atoms. The number of para-hydroxylation sites is 8. The summed E-state index contributed by atoms with van der Waals surface area (Å²) < 4.78 is 46.8. The minimum Gasteiger partial charge on any atom is -0.497 e. The van der Waals surface area contributed by atoms with Crippen LogP contribution in [0.15, 0.2) is 256 Å². The summed E-state index contributed by atoms with van der Waals surface area (Å²) in [6.07, 6.45) is 17.7. The molecule has 14 aromatic rings. The Morgan fingerprint density at radius 2 is 0.620 bits per heavy atom. The van der Waals surface area contributed by atoms with E-state index in [-0.39, 0.29) is 65.4 Å². The molecule has 0 atom stereocenters. The van der Waals surface area contributed by atoms with E-state index < -0.39 is 0 Å². The fraction of sp³-hybridized carbons (Fsp3) is 0.200. The Kier molecular flexibility index (Phi) is 38.9. The van der Waals surface area contributed by atoms with Crippen LogP contribution in [0.2, 0.25) is 0 Å². The summed E-state index contributed by atoms with van der Waals surface area (Å²) >= 11 is 0. The van der Waals surface area contributed by atoms with Crippen molar-refractivity contribution >= 4 is 21.8 Å². The molecule has 0 fully saturated rings. The number of nitrogens with one attached hydrogen (secondary N) is 6. The Morgan fingerprint density at radius 3 is 0.900 bits per heavy atom. The average Bonchev–Trinajstić information content (AvgIpc) is 1.58. The third-order valence-electron chi connectivity index (χ3n) is 13.5. The number of hydrogen-bond donors (Lipinski definition) is 6. The Labute approximate surface area is 637 Å². The van der Waals surface area contributed by atoms with Gasteiger partial charge in [0.1, 0.15) is 39.6 Å². The number of benzene rings is 8. The molecule has 6 N–H and O–H groups in total. The molecule has 0 unspecified atom stereocenters. The molecule has 18 nitrogen and oxygen atoms in total. The number of aromatic amines is 6. The SMILES string of the molecule is CC.CC.CC.CC.[Y].[Y].[c-]1cccc(COc2ccccc2OCc2c[c-]ccc2)c1.c1ccc(OCc2ccc3cc[nH]c3c2)c(OCc2ccc3cc[nH]c3c2)c1.c1ccc(OCc2cn[nH]c2)c(OCc2cn[nH]c2)c1.c1ccc(OCc2cnc[nH]2)c(OCc2cnc[nH]2)c1. The smallest absolute Gasteiger partial charge is 0.161 e. The molecule has 0 saturated heterocycles. The molecule has 14 rings (SSSR count). The Balaban J connectivity index is 0.000000233. The number of hydrogen-bond acceptors (Lipinski definition) is 12. The van der Waals surface area contributed by atoms with Gasteiger partial charge in [-0.2, -0.15) is 70.9 Å². The summed E-state index contributed by atoms with van der Waals surface area (Å²) in [4.78, 5) is 20.4. The largest absolute Gasteiger partial charge is 0.497 e. The normalized spacial score (nSPS) is 9.76. The molecule has 0 saturated carbocycles. The summed E-state index contributed by atoms with van der Waals surface area (Å²) in [6.45, 7) is 19.7. The van der Waals surface area contributed by atoms with Crippen molar-refractivity contribution in [2.45, 2.75) is 108 Å². The fourth-order valence-electron chi connectivity index (χ4n) is 8.88. The van der Waals surface area contributed by atoms with Crippen LogP contribution < -0.4 is 37.9 Å². The minimum atomic E-state index is 0. The van der Waals surface area contributed by atoms with Crippen molar-refractivity contribution in [1.82, 2.24) is 50.3 Å². The molecule has 20 heteroatoms. The first-order valence-corrected chi connectivity index (χ1v) is 32.9. The first kappa shape index (κ1) is 81.0. The van der Waals surface area contributed by atoms with Gasteiger partial charge in [0.25, 0.3) is 0 Å². The van der Waals surface area contributed by atoms with E-state index in [9.17, 15) is 0 Å². The van der Waals surface area contributed by atoms with Gasteiger partial charge < -0.3 is 57.8 Å². The third kappa shape index (κ3) is 27.5. The van der Waals surface area contributed by atoms with Gasteiger partial charge in [-0.05, 0) is 94.7 Å². The van der Waals surface area contributed by atoms with Gasteiger partial charge in [0.05, 0.1) is 62.0 Å². The van der Waals surface area contributed by atoms with Crippen LogP contribution in [-0.4, -0.2) is 50.3 Å². The van der Waals surface area contributed by atoms with Gasteiger partial charge in [-0.25, -0.2) is 9.97 Å². The fourth-order valence-corrected chi connectivity index (χ4v) is 8.88. The molecule has 514 valence electrons. The zero-order valence-electron chi connectivity index (χ0n) is 58.1. The molecule has 0 spiro atoms. The van der Waals surface area contributed by atoms with E-state index in [2.05, 4.69) is 111 Å². The maximum atomic E-state index is 6.05. The predicted octanol–water partition coefficient (Wildman–Crippen LogP) is 18.9. The summed E-state index contributed by atoms with van der Waals surface area (Å²) in [6, 6.07) is 69.0. The monoisotopic (exact) mass is 1490 g/mol.